The maximum Gasteiger partial charge on any atom is 0.258 e. The van der Waals surface area contributed by atoms with Gasteiger partial charge in [-0.3, -0.25) is 4.79 Å². The van der Waals surface area contributed by atoms with Gasteiger partial charge in [0.2, 0.25) is 0 Å². The van der Waals surface area contributed by atoms with Crippen molar-refractivity contribution in [1.29, 1.82) is 0 Å². The van der Waals surface area contributed by atoms with Crippen LogP contribution in [0.4, 0.5) is 5.69 Å². The number of amides is 1. The molecule has 0 aromatic heterocycles. The standard InChI is InChI=1S/C18H21NO3/c1-5-19(15-9-7-6-8-13(15)2)18(20)14-10-11-16(21-3)17(12-14)22-4/h6-12H,5H2,1-4H3. The van der Waals surface area contributed by atoms with Gasteiger partial charge in [-0.2, -0.15) is 0 Å². The van der Waals surface area contributed by atoms with Crippen molar-refractivity contribution in [3.05, 3.63) is 53.6 Å². The highest BCUT2D eigenvalue weighted by atomic mass is 16.5. The molecule has 2 aromatic rings. The highest BCUT2D eigenvalue weighted by Gasteiger charge is 2.19. The minimum absolute atomic E-state index is 0.0576. The Hall–Kier alpha value is -2.49. The number of para-hydroxylation sites is 1. The van der Waals surface area contributed by atoms with Crippen LogP contribution in [0.15, 0.2) is 42.5 Å². The van der Waals surface area contributed by atoms with Crippen molar-refractivity contribution in [2.75, 3.05) is 25.7 Å². The second kappa shape index (κ2) is 6.98. The molecule has 0 fully saturated rings. The van der Waals surface area contributed by atoms with E-state index in [9.17, 15) is 4.79 Å². The van der Waals surface area contributed by atoms with Gasteiger partial charge in [0.05, 0.1) is 14.2 Å². The maximum atomic E-state index is 12.8. The third-order valence-corrected chi connectivity index (χ3v) is 3.60. The summed E-state index contributed by atoms with van der Waals surface area (Å²) in [7, 11) is 3.13. The molecular formula is C18H21NO3. The summed E-state index contributed by atoms with van der Waals surface area (Å²) in [6.07, 6.45) is 0. The van der Waals surface area contributed by atoms with E-state index in [1.807, 2.05) is 38.1 Å². The predicted octanol–water partition coefficient (Wildman–Crippen LogP) is 3.68. The summed E-state index contributed by atoms with van der Waals surface area (Å²) in [5.41, 5.74) is 2.56. The van der Waals surface area contributed by atoms with E-state index < -0.39 is 0 Å². The Morgan fingerprint density at radius 2 is 1.73 bits per heavy atom. The van der Waals surface area contributed by atoms with Crippen LogP contribution in [0.2, 0.25) is 0 Å². The third-order valence-electron chi connectivity index (χ3n) is 3.60. The van der Waals surface area contributed by atoms with E-state index in [1.165, 1.54) is 0 Å². The fourth-order valence-electron chi connectivity index (χ4n) is 2.41. The summed E-state index contributed by atoms with van der Waals surface area (Å²) in [5, 5.41) is 0. The molecule has 1 amide bonds. The van der Waals surface area contributed by atoms with Crippen LogP contribution in [0, 0.1) is 6.92 Å². The van der Waals surface area contributed by atoms with Gasteiger partial charge < -0.3 is 14.4 Å². The zero-order valence-electron chi connectivity index (χ0n) is 13.4. The Labute approximate surface area is 131 Å². The van der Waals surface area contributed by atoms with Crippen molar-refractivity contribution in [3.63, 3.8) is 0 Å². The van der Waals surface area contributed by atoms with E-state index in [4.69, 9.17) is 9.47 Å². The first-order valence-corrected chi connectivity index (χ1v) is 7.21. The highest BCUT2D eigenvalue weighted by Crippen LogP contribution is 2.29. The number of carbonyl (C=O) groups is 1. The normalized spacial score (nSPS) is 10.2. The molecule has 0 heterocycles. The van der Waals surface area contributed by atoms with E-state index >= 15 is 0 Å². The summed E-state index contributed by atoms with van der Waals surface area (Å²) in [6, 6.07) is 13.1. The van der Waals surface area contributed by atoms with Crippen molar-refractivity contribution in [1.82, 2.24) is 0 Å². The number of rotatable bonds is 5. The van der Waals surface area contributed by atoms with Gasteiger partial charge in [0.25, 0.3) is 5.91 Å². The molecule has 4 nitrogen and oxygen atoms in total. The van der Waals surface area contributed by atoms with E-state index in [-0.39, 0.29) is 5.91 Å². The molecule has 0 bridgehead atoms. The third kappa shape index (κ3) is 3.06. The number of ether oxygens (including phenoxy) is 2. The van der Waals surface area contributed by atoms with Crippen LogP contribution in [0.1, 0.15) is 22.8 Å². The molecule has 0 unspecified atom stereocenters. The lowest BCUT2D eigenvalue weighted by atomic mass is 10.1. The van der Waals surface area contributed by atoms with Crippen LogP contribution in [0.3, 0.4) is 0 Å². The van der Waals surface area contributed by atoms with Gasteiger partial charge in [-0.05, 0) is 43.7 Å². The number of carbonyl (C=O) groups excluding carboxylic acids is 1. The zero-order chi connectivity index (χ0) is 16.1. The van der Waals surface area contributed by atoms with Gasteiger partial charge in [0.15, 0.2) is 11.5 Å². The van der Waals surface area contributed by atoms with E-state index in [2.05, 4.69) is 0 Å². The summed E-state index contributed by atoms with van der Waals surface area (Å²) in [5.74, 6) is 1.10. The van der Waals surface area contributed by atoms with Crippen molar-refractivity contribution in [2.45, 2.75) is 13.8 Å². The quantitative estimate of drug-likeness (QED) is 0.845. The van der Waals surface area contributed by atoms with E-state index in [1.54, 1.807) is 37.3 Å². The van der Waals surface area contributed by atoms with Gasteiger partial charge in [0.1, 0.15) is 0 Å². The van der Waals surface area contributed by atoms with Crippen LogP contribution in [0.25, 0.3) is 0 Å². The number of anilines is 1. The molecule has 0 radical (unpaired) electrons. The molecule has 0 aliphatic carbocycles. The Balaban J connectivity index is 2.39. The van der Waals surface area contributed by atoms with Gasteiger partial charge in [-0.1, -0.05) is 18.2 Å². The SMILES string of the molecule is CCN(C(=O)c1ccc(OC)c(OC)c1)c1ccccc1C. The number of aryl methyl sites for hydroxylation is 1. The van der Waals surface area contributed by atoms with E-state index in [0.717, 1.165) is 11.3 Å². The lowest BCUT2D eigenvalue weighted by Crippen LogP contribution is -2.31. The number of hydrogen-bond acceptors (Lipinski definition) is 3. The molecule has 0 atom stereocenters. The molecule has 0 aliphatic heterocycles. The predicted molar refractivity (Wildman–Crippen MR) is 88.1 cm³/mol. The highest BCUT2D eigenvalue weighted by molar-refractivity contribution is 6.06. The number of methoxy groups -OCH3 is 2. The molecule has 0 spiro atoms. The largest absolute Gasteiger partial charge is 0.493 e. The summed E-state index contributed by atoms with van der Waals surface area (Å²) in [6.45, 7) is 4.56. The average molecular weight is 299 g/mol. The summed E-state index contributed by atoms with van der Waals surface area (Å²) < 4.78 is 10.5. The first-order chi connectivity index (χ1) is 10.6. The first-order valence-electron chi connectivity index (χ1n) is 7.21. The van der Waals surface area contributed by atoms with E-state index in [0.29, 0.717) is 23.6 Å². The van der Waals surface area contributed by atoms with Crippen molar-refractivity contribution >= 4 is 11.6 Å². The number of benzene rings is 2. The Bertz CT molecular complexity index is 667. The minimum Gasteiger partial charge on any atom is -0.493 e. The fraction of sp³-hybridized carbons (Fsp3) is 0.278. The Morgan fingerprint density at radius 3 is 2.32 bits per heavy atom. The number of hydrogen-bond donors (Lipinski definition) is 0. The second-order valence-electron chi connectivity index (χ2n) is 4.91. The molecule has 22 heavy (non-hydrogen) atoms. The molecule has 0 saturated heterocycles. The molecule has 2 aromatic carbocycles. The molecule has 0 N–H and O–H groups in total. The second-order valence-corrected chi connectivity index (χ2v) is 4.91. The van der Waals surface area contributed by atoms with Crippen LogP contribution in [-0.4, -0.2) is 26.7 Å². The van der Waals surface area contributed by atoms with Crippen molar-refractivity contribution < 1.29 is 14.3 Å². The first kappa shape index (κ1) is 15.9. The van der Waals surface area contributed by atoms with Crippen LogP contribution < -0.4 is 14.4 Å². The topological polar surface area (TPSA) is 38.8 Å². The lowest BCUT2D eigenvalue weighted by Gasteiger charge is -2.23. The van der Waals surface area contributed by atoms with Crippen molar-refractivity contribution in [2.24, 2.45) is 0 Å². The summed E-state index contributed by atoms with van der Waals surface area (Å²) in [4.78, 5) is 14.6. The van der Waals surface area contributed by atoms with Crippen molar-refractivity contribution in [3.8, 4) is 11.5 Å². The fourth-order valence-corrected chi connectivity index (χ4v) is 2.41. The molecule has 116 valence electrons. The smallest absolute Gasteiger partial charge is 0.258 e. The maximum absolute atomic E-state index is 12.8. The van der Waals surface area contributed by atoms with Crippen LogP contribution in [0.5, 0.6) is 11.5 Å². The Morgan fingerprint density at radius 1 is 1.05 bits per heavy atom. The lowest BCUT2D eigenvalue weighted by molar-refractivity contribution is 0.0987. The molecule has 2 rings (SSSR count). The van der Waals surface area contributed by atoms with Gasteiger partial charge >= 0.3 is 0 Å². The van der Waals surface area contributed by atoms with Crippen LogP contribution >= 0.6 is 0 Å². The molecular weight excluding hydrogens is 278 g/mol. The summed E-state index contributed by atoms with van der Waals surface area (Å²) >= 11 is 0. The molecule has 4 heteroatoms. The molecule has 0 aliphatic rings. The van der Waals surface area contributed by atoms with Gasteiger partial charge in [-0.15, -0.1) is 0 Å². The van der Waals surface area contributed by atoms with Gasteiger partial charge in [-0.25, -0.2) is 0 Å². The Kier molecular flexibility index (Phi) is 5.04. The zero-order valence-corrected chi connectivity index (χ0v) is 13.4. The van der Waals surface area contributed by atoms with Crippen LogP contribution in [-0.2, 0) is 0 Å². The van der Waals surface area contributed by atoms with Gasteiger partial charge in [0, 0.05) is 17.8 Å². The number of nitrogens with zero attached hydrogens (tertiary/aromatic N) is 1. The average Bonchev–Trinajstić information content (AvgIpc) is 2.56. The minimum atomic E-state index is -0.0576. The molecule has 0 saturated carbocycles. The monoisotopic (exact) mass is 299 g/mol.